The van der Waals surface area contributed by atoms with Crippen LogP contribution in [0.2, 0.25) is 5.02 Å². The average molecular weight is 245 g/mol. The van der Waals surface area contributed by atoms with E-state index in [1.807, 2.05) is 0 Å². The van der Waals surface area contributed by atoms with Crippen LogP contribution in [0.15, 0.2) is 18.3 Å². The molecule has 0 unspecified atom stereocenters. The Hall–Kier alpha value is -1.66. The van der Waals surface area contributed by atoms with Crippen LogP contribution in [0.1, 0.15) is 10.5 Å². The van der Waals surface area contributed by atoms with Crippen LogP contribution < -0.4 is 5.32 Å². The molecule has 7 heteroatoms. The van der Waals surface area contributed by atoms with Crippen LogP contribution in [0, 0.1) is 0 Å². The molecule has 1 amide bonds. The van der Waals surface area contributed by atoms with Gasteiger partial charge in [0.1, 0.15) is 5.69 Å². The number of carbonyl (C=O) groups is 2. The SMILES string of the molecule is O=C(NC[C@H](O)C(=O)O)c1ccc(Cl)cn1. The fourth-order valence-corrected chi connectivity index (χ4v) is 0.989. The van der Waals surface area contributed by atoms with Crippen LogP contribution in [0.3, 0.4) is 0 Å². The number of carbonyl (C=O) groups excluding carboxylic acids is 1. The molecular formula is C9H9ClN2O4. The molecule has 1 aromatic rings. The Morgan fingerprint density at radius 3 is 2.69 bits per heavy atom. The number of aliphatic carboxylic acids is 1. The van der Waals surface area contributed by atoms with Crippen molar-refractivity contribution >= 4 is 23.5 Å². The van der Waals surface area contributed by atoms with Crippen molar-refractivity contribution in [2.24, 2.45) is 0 Å². The molecule has 0 spiro atoms. The second-order valence-corrected chi connectivity index (χ2v) is 3.36. The number of nitrogens with one attached hydrogen (secondary N) is 1. The Bertz CT molecular complexity index is 393. The molecule has 0 fully saturated rings. The molecule has 0 saturated heterocycles. The normalized spacial score (nSPS) is 11.9. The number of hydrogen-bond donors (Lipinski definition) is 3. The number of pyridine rings is 1. The van der Waals surface area contributed by atoms with Crippen molar-refractivity contribution in [2.45, 2.75) is 6.10 Å². The second kappa shape index (κ2) is 5.43. The van der Waals surface area contributed by atoms with Crippen molar-refractivity contribution in [3.8, 4) is 0 Å². The van der Waals surface area contributed by atoms with Gasteiger partial charge in [-0.1, -0.05) is 11.6 Å². The zero-order valence-corrected chi connectivity index (χ0v) is 8.81. The van der Waals surface area contributed by atoms with Gasteiger partial charge in [0, 0.05) is 6.20 Å². The highest BCUT2D eigenvalue weighted by molar-refractivity contribution is 6.30. The fourth-order valence-electron chi connectivity index (χ4n) is 0.877. The topological polar surface area (TPSA) is 99.5 Å². The highest BCUT2D eigenvalue weighted by Gasteiger charge is 2.15. The van der Waals surface area contributed by atoms with E-state index in [0.717, 1.165) is 0 Å². The summed E-state index contributed by atoms with van der Waals surface area (Å²) < 4.78 is 0. The molecule has 1 atom stereocenters. The standard InChI is InChI=1S/C9H9ClN2O4/c10-5-1-2-6(11-3-5)8(14)12-4-7(13)9(15)16/h1-3,7,13H,4H2,(H,12,14)(H,15,16)/t7-/m0/s1. The largest absolute Gasteiger partial charge is 0.479 e. The molecule has 16 heavy (non-hydrogen) atoms. The number of nitrogens with zero attached hydrogens (tertiary/aromatic N) is 1. The van der Waals surface area contributed by atoms with Crippen molar-refractivity contribution in [2.75, 3.05) is 6.54 Å². The lowest BCUT2D eigenvalue weighted by Crippen LogP contribution is -2.36. The van der Waals surface area contributed by atoms with Crippen molar-refractivity contribution in [1.82, 2.24) is 10.3 Å². The molecule has 86 valence electrons. The number of carboxylic acid groups (broad SMARTS) is 1. The molecule has 0 bridgehead atoms. The minimum absolute atomic E-state index is 0.0991. The lowest BCUT2D eigenvalue weighted by Gasteiger charge is -2.06. The summed E-state index contributed by atoms with van der Waals surface area (Å²) in [6, 6.07) is 2.88. The minimum Gasteiger partial charge on any atom is -0.479 e. The monoisotopic (exact) mass is 244 g/mol. The van der Waals surface area contributed by atoms with Gasteiger partial charge in [0.2, 0.25) is 0 Å². The van der Waals surface area contributed by atoms with Crippen LogP contribution in [0.4, 0.5) is 0 Å². The smallest absolute Gasteiger partial charge is 0.334 e. The Morgan fingerprint density at radius 1 is 1.50 bits per heavy atom. The second-order valence-electron chi connectivity index (χ2n) is 2.93. The summed E-state index contributed by atoms with van der Waals surface area (Å²) >= 11 is 5.57. The van der Waals surface area contributed by atoms with Crippen molar-refractivity contribution in [3.63, 3.8) is 0 Å². The van der Waals surface area contributed by atoms with Gasteiger partial charge in [-0.25, -0.2) is 9.78 Å². The first kappa shape index (κ1) is 12.4. The maximum atomic E-state index is 11.4. The number of aliphatic hydroxyl groups excluding tert-OH is 1. The number of hydrogen-bond acceptors (Lipinski definition) is 4. The Kier molecular flexibility index (Phi) is 4.21. The summed E-state index contributed by atoms with van der Waals surface area (Å²) in [6.45, 7) is -0.377. The van der Waals surface area contributed by atoms with Crippen LogP contribution in [-0.2, 0) is 4.79 Å². The molecule has 6 nitrogen and oxygen atoms in total. The van der Waals surface area contributed by atoms with Gasteiger partial charge in [-0.05, 0) is 12.1 Å². The number of aliphatic hydroxyl groups is 1. The predicted octanol–water partition coefficient (Wildman–Crippen LogP) is -0.0897. The lowest BCUT2D eigenvalue weighted by atomic mass is 10.3. The molecule has 0 radical (unpaired) electrons. The first-order chi connectivity index (χ1) is 7.50. The lowest BCUT2D eigenvalue weighted by molar-refractivity contribution is -0.146. The first-order valence-electron chi connectivity index (χ1n) is 4.31. The quantitative estimate of drug-likeness (QED) is 0.687. The van der Waals surface area contributed by atoms with Crippen molar-refractivity contribution in [1.29, 1.82) is 0 Å². The molecule has 1 rings (SSSR count). The zero-order valence-electron chi connectivity index (χ0n) is 8.05. The van der Waals surface area contributed by atoms with E-state index in [4.69, 9.17) is 21.8 Å². The van der Waals surface area contributed by atoms with Crippen molar-refractivity contribution < 1.29 is 19.8 Å². The Morgan fingerprint density at radius 2 is 2.19 bits per heavy atom. The summed E-state index contributed by atoms with van der Waals surface area (Å²) in [6.07, 6.45) is -0.333. The summed E-state index contributed by atoms with van der Waals surface area (Å²) in [7, 11) is 0. The van der Waals surface area contributed by atoms with E-state index in [0.29, 0.717) is 5.02 Å². The van der Waals surface area contributed by atoms with Gasteiger partial charge in [0.25, 0.3) is 5.91 Å². The number of aromatic nitrogens is 1. The van der Waals surface area contributed by atoms with Crippen LogP contribution in [0.5, 0.6) is 0 Å². The maximum absolute atomic E-state index is 11.4. The number of carboxylic acids is 1. The van der Waals surface area contributed by atoms with E-state index in [1.54, 1.807) is 0 Å². The zero-order chi connectivity index (χ0) is 12.1. The van der Waals surface area contributed by atoms with E-state index in [2.05, 4.69) is 10.3 Å². The predicted molar refractivity (Wildman–Crippen MR) is 55.2 cm³/mol. The van der Waals surface area contributed by atoms with Gasteiger partial charge >= 0.3 is 5.97 Å². The highest BCUT2D eigenvalue weighted by Crippen LogP contribution is 2.05. The summed E-state index contributed by atoms with van der Waals surface area (Å²) in [5.74, 6) is -1.97. The minimum atomic E-state index is -1.63. The van der Waals surface area contributed by atoms with Gasteiger partial charge < -0.3 is 15.5 Å². The number of amides is 1. The average Bonchev–Trinajstić information content (AvgIpc) is 2.26. The van der Waals surface area contributed by atoms with Crippen molar-refractivity contribution in [3.05, 3.63) is 29.0 Å². The van der Waals surface area contributed by atoms with Crippen LogP contribution in [0.25, 0.3) is 0 Å². The van der Waals surface area contributed by atoms with E-state index in [1.165, 1.54) is 18.3 Å². The summed E-state index contributed by atoms with van der Waals surface area (Å²) in [4.78, 5) is 25.3. The molecule has 0 aliphatic rings. The number of halogens is 1. The third-order valence-electron chi connectivity index (χ3n) is 1.70. The van der Waals surface area contributed by atoms with E-state index in [-0.39, 0.29) is 12.2 Å². The van der Waals surface area contributed by atoms with Gasteiger partial charge in [-0.15, -0.1) is 0 Å². The van der Waals surface area contributed by atoms with Gasteiger partial charge in [-0.2, -0.15) is 0 Å². The summed E-state index contributed by atoms with van der Waals surface area (Å²) in [5, 5.41) is 19.9. The van der Waals surface area contributed by atoms with E-state index < -0.39 is 18.0 Å². The van der Waals surface area contributed by atoms with Crippen LogP contribution >= 0.6 is 11.6 Å². The fraction of sp³-hybridized carbons (Fsp3) is 0.222. The highest BCUT2D eigenvalue weighted by atomic mass is 35.5. The Labute approximate surface area is 95.9 Å². The van der Waals surface area contributed by atoms with Gasteiger partial charge in [-0.3, -0.25) is 4.79 Å². The van der Waals surface area contributed by atoms with Gasteiger partial charge in [0.15, 0.2) is 6.10 Å². The molecule has 0 saturated carbocycles. The molecule has 0 aromatic carbocycles. The first-order valence-corrected chi connectivity index (χ1v) is 4.69. The van der Waals surface area contributed by atoms with E-state index in [9.17, 15) is 9.59 Å². The molecule has 3 N–H and O–H groups in total. The molecule has 0 aliphatic carbocycles. The molecule has 1 aromatic heterocycles. The van der Waals surface area contributed by atoms with E-state index >= 15 is 0 Å². The van der Waals surface area contributed by atoms with Crippen LogP contribution in [-0.4, -0.2) is 39.7 Å². The summed E-state index contributed by atoms with van der Waals surface area (Å²) in [5.41, 5.74) is 0.0991. The van der Waals surface area contributed by atoms with Gasteiger partial charge in [0.05, 0.1) is 11.6 Å². The maximum Gasteiger partial charge on any atom is 0.334 e. The third-order valence-corrected chi connectivity index (χ3v) is 1.92. The third kappa shape index (κ3) is 3.48. The Balaban J connectivity index is 2.53. The molecular weight excluding hydrogens is 236 g/mol. The molecule has 0 aliphatic heterocycles. The molecule has 1 heterocycles. The number of rotatable bonds is 4.